The third-order valence-corrected chi connectivity index (χ3v) is 6.67. The first kappa shape index (κ1) is 27.5. The topological polar surface area (TPSA) is 169 Å². The van der Waals surface area contributed by atoms with Crippen molar-refractivity contribution in [2.24, 2.45) is 22.4 Å². The van der Waals surface area contributed by atoms with Crippen molar-refractivity contribution < 1.29 is 24.2 Å². The summed E-state index contributed by atoms with van der Waals surface area (Å²) in [6.45, 7) is 3.93. The van der Waals surface area contributed by atoms with E-state index in [9.17, 15) is 19.5 Å². The number of hydrogen-bond acceptors (Lipinski definition) is 5. The van der Waals surface area contributed by atoms with Crippen LogP contribution in [0.5, 0.6) is 0 Å². The van der Waals surface area contributed by atoms with Gasteiger partial charge in [0, 0.05) is 12.5 Å². The molecule has 10 nitrogen and oxygen atoms in total. The van der Waals surface area contributed by atoms with E-state index in [0.717, 1.165) is 22.3 Å². The number of rotatable bonds is 12. The number of ether oxygens (including phenoxy) is 1. The van der Waals surface area contributed by atoms with Gasteiger partial charge in [-0.15, -0.1) is 0 Å². The summed E-state index contributed by atoms with van der Waals surface area (Å²) in [7, 11) is 0. The summed E-state index contributed by atoms with van der Waals surface area (Å²) in [4.78, 5) is 41.4. The van der Waals surface area contributed by atoms with Gasteiger partial charge in [0.15, 0.2) is 5.96 Å². The number of aliphatic imine (C=N–C) groups is 1. The molecule has 0 saturated heterocycles. The van der Waals surface area contributed by atoms with E-state index in [-0.39, 0.29) is 37.4 Å². The molecule has 198 valence electrons. The number of hydrogen-bond donors (Lipinski definition) is 5. The van der Waals surface area contributed by atoms with Crippen LogP contribution in [0.25, 0.3) is 11.1 Å². The van der Waals surface area contributed by atoms with Crippen LogP contribution in [0.4, 0.5) is 4.79 Å². The van der Waals surface area contributed by atoms with Gasteiger partial charge in [-0.25, -0.2) is 9.59 Å². The standard InChI is InChI=1S/C27H35N5O5/c1-3-16(2)23(25(34)35)32-24(33)22(13-8-14-30-26(28)29)31-27(36)37-15-21-19-11-6-4-9-17(19)18-10-5-7-12-20(18)21/h4-7,9-12,16,21-23H,3,8,13-15H2,1-2H3,(H,31,36)(H,32,33)(H,34,35)(H4,28,29,30)/t16-,22-,23-/m0/s1. The van der Waals surface area contributed by atoms with Crippen molar-refractivity contribution in [1.82, 2.24) is 10.6 Å². The molecule has 0 unspecified atom stereocenters. The fourth-order valence-electron chi connectivity index (χ4n) is 4.49. The van der Waals surface area contributed by atoms with Crippen LogP contribution in [0.1, 0.15) is 50.2 Å². The van der Waals surface area contributed by atoms with Crippen LogP contribution >= 0.6 is 0 Å². The lowest BCUT2D eigenvalue weighted by Gasteiger charge is -2.24. The quantitative estimate of drug-likeness (QED) is 0.166. The summed E-state index contributed by atoms with van der Waals surface area (Å²) in [5, 5.41) is 14.7. The van der Waals surface area contributed by atoms with E-state index in [2.05, 4.69) is 15.6 Å². The SMILES string of the molecule is CC[C@H](C)[C@H](NC(=O)[C@H](CCCN=C(N)N)NC(=O)OCC1c2ccccc2-c2ccccc21)C(=O)O. The number of nitrogens with zero attached hydrogens (tertiary/aromatic N) is 1. The van der Waals surface area contributed by atoms with Crippen molar-refractivity contribution >= 4 is 23.9 Å². The lowest BCUT2D eigenvalue weighted by atomic mass is 9.98. The minimum Gasteiger partial charge on any atom is -0.480 e. The van der Waals surface area contributed by atoms with Gasteiger partial charge in [-0.3, -0.25) is 9.79 Å². The van der Waals surface area contributed by atoms with Gasteiger partial charge in [0.2, 0.25) is 5.91 Å². The molecule has 2 aromatic rings. The van der Waals surface area contributed by atoms with E-state index in [4.69, 9.17) is 16.2 Å². The van der Waals surface area contributed by atoms with Gasteiger partial charge in [-0.1, -0.05) is 68.8 Å². The van der Waals surface area contributed by atoms with Gasteiger partial charge in [-0.2, -0.15) is 0 Å². The minimum absolute atomic E-state index is 0.0757. The van der Waals surface area contributed by atoms with E-state index in [1.807, 2.05) is 55.5 Å². The first-order valence-electron chi connectivity index (χ1n) is 12.4. The van der Waals surface area contributed by atoms with Gasteiger partial charge in [-0.05, 0) is 41.0 Å². The maximum atomic E-state index is 13.0. The number of amides is 2. The molecule has 1 aliphatic rings. The fourth-order valence-corrected chi connectivity index (χ4v) is 4.49. The lowest BCUT2D eigenvalue weighted by Crippen LogP contribution is -2.53. The molecule has 0 aromatic heterocycles. The van der Waals surface area contributed by atoms with Crippen molar-refractivity contribution in [3.05, 3.63) is 59.7 Å². The normalized spacial score (nSPS) is 14.4. The zero-order valence-corrected chi connectivity index (χ0v) is 21.1. The molecule has 0 saturated carbocycles. The maximum absolute atomic E-state index is 13.0. The second kappa shape index (κ2) is 12.8. The average molecular weight is 510 g/mol. The molecule has 1 aliphatic carbocycles. The summed E-state index contributed by atoms with van der Waals surface area (Å²) in [6.07, 6.45) is 0.381. The number of carbonyl (C=O) groups excluding carboxylic acids is 2. The maximum Gasteiger partial charge on any atom is 0.407 e. The number of aliphatic carboxylic acids is 1. The van der Waals surface area contributed by atoms with Crippen LogP contribution in [0.2, 0.25) is 0 Å². The highest BCUT2D eigenvalue weighted by Crippen LogP contribution is 2.44. The monoisotopic (exact) mass is 509 g/mol. The van der Waals surface area contributed by atoms with E-state index < -0.39 is 30.1 Å². The molecule has 0 heterocycles. The van der Waals surface area contributed by atoms with Crippen LogP contribution in [-0.2, 0) is 14.3 Å². The van der Waals surface area contributed by atoms with Crippen LogP contribution in [0.3, 0.4) is 0 Å². The van der Waals surface area contributed by atoms with E-state index in [1.54, 1.807) is 6.92 Å². The summed E-state index contributed by atoms with van der Waals surface area (Å²) in [6, 6.07) is 13.9. The Labute approximate surface area is 216 Å². The summed E-state index contributed by atoms with van der Waals surface area (Å²) in [5.74, 6) is -2.24. The molecule has 2 aromatic carbocycles. The number of fused-ring (bicyclic) bond motifs is 3. The number of nitrogens with two attached hydrogens (primary N) is 2. The predicted molar refractivity (Wildman–Crippen MR) is 141 cm³/mol. The van der Waals surface area contributed by atoms with Crippen LogP contribution < -0.4 is 22.1 Å². The van der Waals surface area contributed by atoms with Gasteiger partial charge in [0.05, 0.1) is 0 Å². The average Bonchev–Trinajstić information content (AvgIpc) is 3.20. The van der Waals surface area contributed by atoms with Crippen LogP contribution in [-0.4, -0.2) is 54.3 Å². The summed E-state index contributed by atoms with van der Waals surface area (Å²) >= 11 is 0. The molecule has 37 heavy (non-hydrogen) atoms. The van der Waals surface area contributed by atoms with Gasteiger partial charge in [0.1, 0.15) is 18.7 Å². The number of benzene rings is 2. The van der Waals surface area contributed by atoms with Crippen molar-refractivity contribution in [3.63, 3.8) is 0 Å². The fraction of sp³-hybridized carbons (Fsp3) is 0.407. The molecule has 0 fully saturated rings. The van der Waals surface area contributed by atoms with Gasteiger partial charge < -0.3 is 31.9 Å². The second-order valence-electron chi connectivity index (χ2n) is 9.18. The van der Waals surface area contributed by atoms with Crippen molar-refractivity contribution in [3.8, 4) is 11.1 Å². The number of guanidine groups is 1. The summed E-state index contributed by atoms with van der Waals surface area (Å²) in [5.41, 5.74) is 15.1. The molecule has 0 bridgehead atoms. The number of carboxylic acids is 1. The zero-order valence-electron chi connectivity index (χ0n) is 21.1. The Kier molecular flexibility index (Phi) is 9.48. The van der Waals surface area contributed by atoms with Crippen molar-refractivity contribution in [2.45, 2.75) is 51.1 Å². The van der Waals surface area contributed by atoms with Gasteiger partial charge in [0.25, 0.3) is 0 Å². The Morgan fingerprint density at radius 3 is 2.16 bits per heavy atom. The molecule has 3 atom stereocenters. The highest BCUT2D eigenvalue weighted by atomic mass is 16.5. The molecule has 0 aliphatic heterocycles. The largest absolute Gasteiger partial charge is 0.480 e. The first-order valence-corrected chi connectivity index (χ1v) is 12.4. The first-order chi connectivity index (χ1) is 17.7. The third-order valence-electron chi connectivity index (χ3n) is 6.67. The van der Waals surface area contributed by atoms with Crippen molar-refractivity contribution in [1.29, 1.82) is 0 Å². The van der Waals surface area contributed by atoms with Crippen LogP contribution in [0.15, 0.2) is 53.5 Å². The number of carboxylic acid groups (broad SMARTS) is 1. The Morgan fingerprint density at radius 2 is 1.62 bits per heavy atom. The molecule has 0 spiro atoms. The highest BCUT2D eigenvalue weighted by molar-refractivity contribution is 5.89. The second-order valence-corrected chi connectivity index (χ2v) is 9.18. The Hall–Kier alpha value is -4.08. The Balaban J connectivity index is 1.68. The molecule has 0 radical (unpaired) electrons. The molecule has 10 heteroatoms. The molecule has 2 amide bonds. The number of alkyl carbamates (subject to hydrolysis) is 1. The van der Waals surface area contributed by atoms with Gasteiger partial charge >= 0.3 is 12.1 Å². The Bertz CT molecular complexity index is 1100. The van der Waals surface area contributed by atoms with E-state index in [0.29, 0.717) is 12.8 Å². The van der Waals surface area contributed by atoms with Crippen molar-refractivity contribution in [2.75, 3.05) is 13.2 Å². The molecular weight excluding hydrogens is 474 g/mol. The highest BCUT2D eigenvalue weighted by Gasteiger charge is 2.31. The number of nitrogens with one attached hydrogen (secondary N) is 2. The smallest absolute Gasteiger partial charge is 0.407 e. The lowest BCUT2D eigenvalue weighted by molar-refractivity contribution is -0.143. The van der Waals surface area contributed by atoms with E-state index in [1.165, 1.54) is 0 Å². The predicted octanol–water partition coefficient (Wildman–Crippen LogP) is 2.56. The molecule has 3 rings (SSSR count). The van der Waals surface area contributed by atoms with E-state index >= 15 is 0 Å². The van der Waals surface area contributed by atoms with Crippen LogP contribution in [0, 0.1) is 5.92 Å². The third kappa shape index (κ3) is 6.99. The molecule has 7 N–H and O–H groups in total. The number of carbonyl (C=O) groups is 3. The minimum atomic E-state index is -1.14. The zero-order chi connectivity index (χ0) is 26.9. The molecular formula is C27H35N5O5. The Morgan fingerprint density at radius 1 is 1.03 bits per heavy atom. The summed E-state index contributed by atoms with van der Waals surface area (Å²) < 4.78 is 5.57.